The fourth-order valence-electron chi connectivity index (χ4n) is 7.42. The molecule has 1 fully saturated rings. The first kappa shape index (κ1) is 33.1. The minimum atomic E-state index is -2.24. The van der Waals surface area contributed by atoms with Gasteiger partial charge in [0.25, 0.3) is 0 Å². The highest BCUT2D eigenvalue weighted by molar-refractivity contribution is 6.31. The molecule has 252 valence electrons. The number of phenols is 2. The van der Waals surface area contributed by atoms with E-state index >= 15 is 0 Å². The number of aliphatic hydroxyl groups excluding tert-OH is 2. The molecular formula is C35H41NO11. The van der Waals surface area contributed by atoms with Crippen LogP contribution in [0.3, 0.4) is 0 Å². The lowest BCUT2D eigenvalue weighted by atomic mass is 9.72. The summed E-state index contributed by atoms with van der Waals surface area (Å²) in [6.45, 7) is 0.682. The van der Waals surface area contributed by atoms with Crippen LogP contribution in [0, 0.1) is 0 Å². The van der Waals surface area contributed by atoms with Crippen LogP contribution >= 0.6 is 0 Å². The number of benzene rings is 2. The van der Waals surface area contributed by atoms with Crippen LogP contribution in [0.5, 0.6) is 17.2 Å². The van der Waals surface area contributed by atoms with Crippen molar-refractivity contribution in [3.63, 3.8) is 0 Å². The smallest absolute Gasteiger partial charge is 0.202 e. The lowest BCUT2D eigenvalue weighted by molar-refractivity contribution is -0.249. The van der Waals surface area contributed by atoms with Gasteiger partial charge >= 0.3 is 0 Å². The minimum absolute atomic E-state index is 0.0390. The molecule has 0 radical (unpaired) electrons. The largest absolute Gasteiger partial charge is 0.507 e. The number of carbonyl (C=O) groups excluding carboxylic acids is 3. The van der Waals surface area contributed by atoms with Crippen LogP contribution in [0.15, 0.2) is 30.0 Å². The van der Waals surface area contributed by atoms with Gasteiger partial charge < -0.3 is 45.1 Å². The fraction of sp³-hybridized carbons (Fsp3) is 0.514. The standard InChI is InChI=1S/C35H41NO11/c1-17-30(39)21(36-18-9-6-4-3-5-7-10-18)13-25(46-17)47-23-15-35(44,24(38)16-37)14-20-27(23)34(43)29-28(32(20)41)31(40)19-11-8-12-22(45-2)26(19)33(29)42/h8-9,11-12,17,21,23,25,30,36-37,39,41,43-44H,3-7,10,13-16H2,1-2H3/b18-9-/t17?,21?,23-,25?,30?,35-/m0/s1. The number of aliphatic hydroxyl groups is 3. The Kier molecular flexibility index (Phi) is 9.16. The molecule has 2 aromatic rings. The highest BCUT2D eigenvalue weighted by atomic mass is 16.7. The van der Waals surface area contributed by atoms with E-state index in [1.807, 2.05) is 0 Å². The van der Waals surface area contributed by atoms with E-state index in [1.54, 1.807) is 6.92 Å². The number of hydrogen-bond donors (Lipinski definition) is 6. The van der Waals surface area contributed by atoms with Gasteiger partial charge in [-0.05, 0) is 38.7 Å². The van der Waals surface area contributed by atoms with E-state index in [-0.39, 0.29) is 34.4 Å². The Morgan fingerprint density at radius 1 is 1.06 bits per heavy atom. The first-order valence-electron chi connectivity index (χ1n) is 16.2. The lowest BCUT2D eigenvalue weighted by Gasteiger charge is -2.43. The highest BCUT2D eigenvalue weighted by Gasteiger charge is 2.50. The molecule has 4 unspecified atom stereocenters. The zero-order valence-electron chi connectivity index (χ0n) is 26.5. The van der Waals surface area contributed by atoms with Crippen molar-refractivity contribution < 1.29 is 54.1 Å². The molecule has 12 heteroatoms. The van der Waals surface area contributed by atoms with E-state index in [1.165, 1.54) is 31.7 Å². The van der Waals surface area contributed by atoms with Crippen LogP contribution in [-0.2, 0) is 20.7 Å². The lowest BCUT2D eigenvalue weighted by Crippen LogP contribution is -2.54. The molecule has 0 bridgehead atoms. The summed E-state index contributed by atoms with van der Waals surface area (Å²) in [5.41, 5.74) is -2.47. The van der Waals surface area contributed by atoms with Crippen molar-refractivity contribution in [1.29, 1.82) is 0 Å². The second kappa shape index (κ2) is 13.0. The van der Waals surface area contributed by atoms with Gasteiger partial charge in [0.1, 0.15) is 35.6 Å². The van der Waals surface area contributed by atoms with Crippen LogP contribution in [0.2, 0.25) is 0 Å². The number of Topliss-reactive ketones (excluding diaryl/α,β-unsaturated/α-hetero) is 1. The molecule has 6 N–H and O–H groups in total. The van der Waals surface area contributed by atoms with E-state index < -0.39 is 95.7 Å². The molecule has 6 atom stereocenters. The molecule has 3 aliphatic carbocycles. The summed E-state index contributed by atoms with van der Waals surface area (Å²) in [5, 5.41) is 59.0. The molecule has 1 saturated heterocycles. The van der Waals surface area contributed by atoms with Gasteiger partial charge in [0, 0.05) is 41.6 Å². The van der Waals surface area contributed by atoms with Gasteiger partial charge in [-0.25, -0.2) is 0 Å². The number of allylic oxidation sites excluding steroid dienone is 2. The maximum absolute atomic E-state index is 13.9. The second-order valence-corrected chi connectivity index (χ2v) is 12.9. The summed E-state index contributed by atoms with van der Waals surface area (Å²) >= 11 is 0. The van der Waals surface area contributed by atoms with Crippen LogP contribution in [0.4, 0.5) is 0 Å². The number of ether oxygens (including phenoxy) is 3. The van der Waals surface area contributed by atoms with Crippen LogP contribution in [0.1, 0.15) is 107 Å². The first-order chi connectivity index (χ1) is 22.5. The van der Waals surface area contributed by atoms with Crippen LogP contribution in [0.25, 0.3) is 0 Å². The van der Waals surface area contributed by atoms with Gasteiger partial charge in [0.15, 0.2) is 17.9 Å². The predicted molar refractivity (Wildman–Crippen MR) is 166 cm³/mol. The fourth-order valence-corrected chi connectivity index (χ4v) is 7.42. The van der Waals surface area contributed by atoms with Gasteiger partial charge in [-0.3, -0.25) is 14.4 Å². The SMILES string of the molecule is COc1cccc2c1C(=O)c1c(O)c3c(c(O)c1C2=O)C[C@@](O)(C(=O)CO)C[C@@H]3OC1CC(N/C2=C\CCCCCC2)C(O)C(C)O1. The topological polar surface area (TPSA) is 192 Å². The van der Waals surface area contributed by atoms with E-state index in [9.17, 15) is 39.9 Å². The molecule has 12 nitrogen and oxygen atoms in total. The molecule has 0 aromatic heterocycles. The van der Waals surface area contributed by atoms with Crippen LogP contribution < -0.4 is 10.1 Å². The summed E-state index contributed by atoms with van der Waals surface area (Å²) in [6, 6.07) is 3.96. The van der Waals surface area contributed by atoms with Gasteiger partial charge in [0.2, 0.25) is 5.78 Å². The maximum Gasteiger partial charge on any atom is 0.202 e. The number of hydrogen-bond acceptors (Lipinski definition) is 12. The van der Waals surface area contributed by atoms with Crippen molar-refractivity contribution in [2.24, 2.45) is 0 Å². The van der Waals surface area contributed by atoms with Crippen molar-refractivity contribution in [2.75, 3.05) is 13.7 Å². The number of nitrogens with one attached hydrogen (secondary N) is 1. The van der Waals surface area contributed by atoms with E-state index in [0.717, 1.165) is 37.8 Å². The predicted octanol–water partition coefficient (Wildman–Crippen LogP) is 2.87. The van der Waals surface area contributed by atoms with Crippen molar-refractivity contribution in [3.05, 3.63) is 63.4 Å². The molecule has 6 rings (SSSR count). The Labute approximate surface area is 272 Å². The maximum atomic E-state index is 13.9. The third kappa shape index (κ3) is 5.82. The van der Waals surface area contributed by atoms with Gasteiger partial charge in [-0.2, -0.15) is 0 Å². The highest BCUT2D eigenvalue weighted by Crippen LogP contribution is 2.52. The monoisotopic (exact) mass is 651 g/mol. The average molecular weight is 652 g/mol. The second-order valence-electron chi connectivity index (χ2n) is 12.9. The molecule has 4 aliphatic rings. The number of rotatable bonds is 7. The summed E-state index contributed by atoms with van der Waals surface area (Å²) < 4.78 is 17.7. The van der Waals surface area contributed by atoms with Gasteiger partial charge in [0.05, 0.1) is 42.0 Å². The zero-order valence-corrected chi connectivity index (χ0v) is 26.5. The average Bonchev–Trinajstić information content (AvgIpc) is 3.03. The number of ketones is 3. The van der Waals surface area contributed by atoms with Crippen molar-refractivity contribution >= 4 is 17.3 Å². The van der Waals surface area contributed by atoms with Crippen molar-refractivity contribution in [1.82, 2.24) is 5.32 Å². The molecule has 2 aromatic carbocycles. The summed E-state index contributed by atoms with van der Waals surface area (Å²) in [4.78, 5) is 40.5. The molecule has 47 heavy (non-hydrogen) atoms. The Morgan fingerprint density at radius 2 is 1.81 bits per heavy atom. The van der Waals surface area contributed by atoms with Crippen molar-refractivity contribution in [3.8, 4) is 17.2 Å². The number of methoxy groups -OCH3 is 1. The summed E-state index contributed by atoms with van der Waals surface area (Å²) in [7, 11) is 1.34. The Morgan fingerprint density at radius 3 is 2.55 bits per heavy atom. The number of phenolic OH excluding ortho intramolecular Hbond substituents is 2. The summed E-state index contributed by atoms with van der Waals surface area (Å²) in [6.07, 6.45) is 3.58. The molecule has 0 spiro atoms. The molecule has 1 aliphatic heterocycles. The Hall–Kier alpha value is -3.81. The number of carbonyl (C=O) groups is 3. The normalized spacial score (nSPS) is 30.1. The number of aromatic hydroxyl groups is 2. The Bertz CT molecular complexity index is 1630. The van der Waals surface area contributed by atoms with Gasteiger partial charge in [-0.15, -0.1) is 0 Å². The third-order valence-electron chi connectivity index (χ3n) is 9.92. The van der Waals surface area contributed by atoms with Gasteiger partial charge in [-0.1, -0.05) is 31.1 Å². The van der Waals surface area contributed by atoms with Crippen LogP contribution in [-0.4, -0.2) is 86.7 Å². The first-order valence-corrected chi connectivity index (χ1v) is 16.2. The molecular weight excluding hydrogens is 610 g/mol. The zero-order chi connectivity index (χ0) is 33.6. The number of fused-ring (bicyclic) bond motifs is 3. The third-order valence-corrected chi connectivity index (χ3v) is 9.92. The van der Waals surface area contributed by atoms with E-state index in [4.69, 9.17) is 14.2 Å². The summed E-state index contributed by atoms with van der Waals surface area (Å²) in [5.74, 6) is -3.66. The minimum Gasteiger partial charge on any atom is -0.507 e. The van der Waals surface area contributed by atoms with E-state index in [2.05, 4.69) is 11.4 Å². The Balaban J connectivity index is 1.40. The quantitative estimate of drug-likeness (QED) is 0.205. The van der Waals surface area contributed by atoms with Crippen molar-refractivity contribution in [2.45, 2.75) is 101 Å². The molecule has 0 amide bonds. The molecule has 1 heterocycles. The molecule has 0 saturated carbocycles. The van der Waals surface area contributed by atoms with E-state index in [0.29, 0.717) is 0 Å².